The van der Waals surface area contributed by atoms with Gasteiger partial charge in [0.2, 0.25) is 5.60 Å². The van der Waals surface area contributed by atoms with E-state index in [4.69, 9.17) is 35.3 Å². The number of hydrogen-bond donors (Lipinski definition) is 3. The average Bonchev–Trinajstić information content (AvgIpc) is 3.47. The largest absolute Gasteiger partial charge is 0.497 e. The summed E-state index contributed by atoms with van der Waals surface area (Å²) < 4.78 is 87.3. The lowest BCUT2D eigenvalue weighted by Crippen LogP contribution is -2.52. The summed E-state index contributed by atoms with van der Waals surface area (Å²) in [6, 6.07) is 12.5. The Balaban J connectivity index is 1.50. The molecule has 3 aromatic rings. The maximum Gasteiger partial charge on any atom is 0.424 e. The Hall–Kier alpha value is -3.89. The van der Waals surface area contributed by atoms with Crippen LogP contribution in [0.25, 0.3) is 0 Å². The molecule has 1 aliphatic rings. The second-order valence-corrected chi connectivity index (χ2v) is 15.3. The molecule has 0 spiro atoms. The van der Waals surface area contributed by atoms with Crippen LogP contribution in [0.2, 0.25) is 5.15 Å². The van der Waals surface area contributed by atoms with E-state index >= 15 is 0 Å². The number of nitrogens with one attached hydrogen (secondary N) is 2. The number of rotatable bonds is 17. The van der Waals surface area contributed by atoms with Gasteiger partial charge >= 0.3 is 6.18 Å². The molecule has 1 aliphatic heterocycles. The molecule has 3 atom stereocenters. The van der Waals surface area contributed by atoms with Gasteiger partial charge in [0.1, 0.15) is 19.0 Å². The van der Waals surface area contributed by atoms with E-state index in [1.54, 1.807) is 34.0 Å². The van der Waals surface area contributed by atoms with E-state index < -0.39 is 56.3 Å². The number of aliphatic hydroxyl groups is 1. The number of pyridine rings is 1. The van der Waals surface area contributed by atoms with Gasteiger partial charge in [-0.2, -0.15) is 13.2 Å². The number of nitrogens with zero attached hydrogens (tertiary/aromatic N) is 1. The van der Waals surface area contributed by atoms with E-state index in [2.05, 4.69) is 21.6 Å². The van der Waals surface area contributed by atoms with E-state index in [-0.39, 0.29) is 54.6 Å². The van der Waals surface area contributed by atoms with Crippen molar-refractivity contribution in [2.45, 2.75) is 62.3 Å². The Kier molecular flexibility index (Phi) is 13.2. The van der Waals surface area contributed by atoms with Gasteiger partial charge in [-0.1, -0.05) is 29.8 Å². The molecule has 0 saturated carbocycles. The van der Waals surface area contributed by atoms with Crippen LogP contribution in [0.15, 0.2) is 61.2 Å². The Morgan fingerprint density at radius 2 is 1.81 bits per heavy atom. The molecule has 3 unspecified atom stereocenters. The second-order valence-electron chi connectivity index (χ2n) is 13.0. The first kappa shape index (κ1) is 40.9. The Morgan fingerprint density at radius 1 is 1.10 bits per heavy atom. The summed E-state index contributed by atoms with van der Waals surface area (Å²) >= 11 is 6.35. The van der Waals surface area contributed by atoms with Crippen molar-refractivity contribution in [3.8, 4) is 23.0 Å². The van der Waals surface area contributed by atoms with E-state index in [0.717, 1.165) is 17.4 Å². The first-order valence-electron chi connectivity index (χ1n) is 16.2. The molecule has 0 fully saturated rings. The highest BCUT2D eigenvalue weighted by atomic mass is 35.5. The number of allylic oxidation sites excluding steroid dienone is 1. The third-order valence-electron chi connectivity index (χ3n) is 8.27. The fraction of sp³-hybridized carbons (Fsp3) is 0.444. The van der Waals surface area contributed by atoms with Gasteiger partial charge in [0.15, 0.2) is 22.4 Å². The van der Waals surface area contributed by atoms with Crippen molar-refractivity contribution in [1.82, 2.24) is 15.0 Å². The van der Waals surface area contributed by atoms with Gasteiger partial charge in [0.05, 0.1) is 60.9 Å². The third-order valence-corrected chi connectivity index (χ3v) is 10.2. The highest BCUT2D eigenvalue weighted by molar-refractivity contribution is 7.84. The topological polar surface area (TPSA) is 137 Å². The minimum atomic E-state index is -5.32. The molecule has 52 heavy (non-hydrogen) atoms. The van der Waals surface area contributed by atoms with Crippen LogP contribution in [0.1, 0.15) is 60.8 Å². The summed E-state index contributed by atoms with van der Waals surface area (Å²) in [6.45, 7) is 8.25. The number of ether oxygens (including phenoxy) is 5. The number of benzene rings is 2. The molecule has 4 rings (SSSR count). The molecule has 16 heteroatoms. The first-order chi connectivity index (χ1) is 24.5. The van der Waals surface area contributed by atoms with Crippen LogP contribution in [0.3, 0.4) is 0 Å². The summed E-state index contributed by atoms with van der Waals surface area (Å²) in [5, 5.41) is 13.0. The van der Waals surface area contributed by atoms with Crippen molar-refractivity contribution in [3.05, 3.63) is 88.7 Å². The maximum absolute atomic E-state index is 14.7. The number of methoxy groups -OCH3 is 2. The predicted molar refractivity (Wildman–Crippen MR) is 190 cm³/mol. The zero-order valence-corrected chi connectivity index (χ0v) is 31.1. The zero-order chi connectivity index (χ0) is 38.3. The lowest BCUT2D eigenvalue weighted by Gasteiger charge is -2.34. The quantitative estimate of drug-likeness (QED) is 0.0841. The molecule has 284 valence electrons. The monoisotopic (exact) mass is 769 g/mol. The summed E-state index contributed by atoms with van der Waals surface area (Å²) in [6.07, 6.45) is -3.08. The van der Waals surface area contributed by atoms with E-state index in [0.29, 0.717) is 13.0 Å². The minimum Gasteiger partial charge on any atom is -0.497 e. The molecule has 0 radical (unpaired) electrons. The van der Waals surface area contributed by atoms with E-state index in [1.165, 1.54) is 25.3 Å². The molecular formula is C36H43ClF3N3O8S. The van der Waals surface area contributed by atoms with E-state index in [9.17, 15) is 27.3 Å². The lowest BCUT2D eigenvalue weighted by molar-refractivity contribution is -0.265. The molecule has 11 nitrogen and oxygen atoms in total. The molecule has 2 aromatic carbocycles. The molecule has 3 N–H and O–H groups in total. The first-order valence-corrected chi connectivity index (χ1v) is 17.7. The summed E-state index contributed by atoms with van der Waals surface area (Å²) in [5.41, 5.74) is -4.79. The molecule has 0 aliphatic carbocycles. The van der Waals surface area contributed by atoms with Gasteiger partial charge in [-0.3, -0.25) is 4.79 Å². The number of carbonyl (C=O) groups is 1. The number of carbonyl (C=O) groups excluding carboxylic acids is 1. The zero-order valence-electron chi connectivity index (χ0n) is 29.5. The van der Waals surface area contributed by atoms with Gasteiger partial charge in [0.25, 0.3) is 5.91 Å². The summed E-state index contributed by atoms with van der Waals surface area (Å²) in [7, 11) is 1.26. The normalized spacial score (nSPS) is 17.3. The standard InChI is InChI=1S/C36H43ClF3N3O8S/c1-7-8-15-34(43-52(46)33(2,3)4)22-51-30-26(34)19-29(42-31(30)37)35(45,36(38,39)40)21-41-32(44)24-11-14-27(28(18-24)48-6)50-17-16-49-20-23-9-12-25(47-5)13-10-23/h7,9-14,18-19,43,45H,1,8,15-17,20-22H2,2-6H3,(H,41,44). The van der Waals surface area contributed by atoms with Crippen LogP contribution >= 0.6 is 11.6 Å². The number of hydrogen-bond acceptors (Lipinski definition) is 9. The van der Waals surface area contributed by atoms with Crippen LogP contribution in [0, 0.1) is 0 Å². The highest BCUT2D eigenvalue weighted by Gasteiger charge is 2.57. The van der Waals surface area contributed by atoms with Gasteiger partial charge in [-0.25, -0.2) is 13.9 Å². The Labute approximate surface area is 308 Å². The molecule has 2 heterocycles. The minimum absolute atomic E-state index is 0.000321. The van der Waals surface area contributed by atoms with Crippen LogP contribution in [0.4, 0.5) is 13.2 Å². The van der Waals surface area contributed by atoms with Gasteiger partial charge in [-0.15, -0.1) is 6.58 Å². The lowest BCUT2D eigenvalue weighted by atomic mass is 9.86. The van der Waals surface area contributed by atoms with Crippen molar-refractivity contribution >= 4 is 28.5 Å². The van der Waals surface area contributed by atoms with Crippen LogP contribution < -0.4 is 29.0 Å². The third kappa shape index (κ3) is 9.36. The van der Waals surface area contributed by atoms with Crippen molar-refractivity contribution in [3.63, 3.8) is 0 Å². The second kappa shape index (κ2) is 16.8. The van der Waals surface area contributed by atoms with Crippen molar-refractivity contribution in [2.24, 2.45) is 0 Å². The summed E-state index contributed by atoms with van der Waals surface area (Å²) in [5.74, 6) is 0.222. The molecule has 0 saturated heterocycles. The Morgan fingerprint density at radius 3 is 2.42 bits per heavy atom. The van der Waals surface area contributed by atoms with Crippen molar-refractivity contribution in [1.29, 1.82) is 0 Å². The van der Waals surface area contributed by atoms with Gasteiger partial charge < -0.3 is 34.1 Å². The predicted octanol–water partition coefficient (Wildman–Crippen LogP) is 6.13. The number of halogens is 4. The van der Waals surface area contributed by atoms with Crippen LogP contribution in [-0.4, -0.2) is 71.7 Å². The maximum atomic E-state index is 14.7. The number of aromatic nitrogens is 1. The average molecular weight is 770 g/mol. The fourth-order valence-corrected chi connectivity index (χ4v) is 6.38. The van der Waals surface area contributed by atoms with Crippen LogP contribution in [0.5, 0.6) is 23.0 Å². The molecule has 1 aromatic heterocycles. The van der Waals surface area contributed by atoms with Crippen molar-refractivity contribution < 1.29 is 51.0 Å². The number of fused-ring (bicyclic) bond motifs is 1. The SMILES string of the molecule is C=CCCC1(NS(=O)C(C)(C)C)COc2c1cc(C(O)(CNC(=O)c1ccc(OCCOCc3ccc(OC)cc3)c(OC)c1)C(F)(F)F)nc2Cl. The van der Waals surface area contributed by atoms with Gasteiger partial charge in [-0.05, 0) is 75.6 Å². The summed E-state index contributed by atoms with van der Waals surface area (Å²) in [4.78, 5) is 17.0. The fourth-order valence-electron chi connectivity index (χ4n) is 5.20. The Bertz CT molecular complexity index is 1760. The number of alkyl halides is 3. The van der Waals surface area contributed by atoms with E-state index in [1.807, 2.05) is 24.3 Å². The van der Waals surface area contributed by atoms with Crippen molar-refractivity contribution in [2.75, 3.05) is 40.6 Å². The molecular weight excluding hydrogens is 727 g/mol. The van der Waals surface area contributed by atoms with Crippen LogP contribution in [-0.2, 0) is 33.5 Å². The molecule has 1 amide bonds. The van der Waals surface area contributed by atoms with Gasteiger partial charge in [0, 0.05) is 11.1 Å². The number of amides is 1. The molecule has 0 bridgehead atoms. The smallest absolute Gasteiger partial charge is 0.424 e. The highest BCUT2D eigenvalue weighted by Crippen LogP contribution is 2.47.